The van der Waals surface area contributed by atoms with Crippen LogP contribution in [0.4, 0.5) is 11.4 Å². The number of amides is 1. The molecule has 138 valence electrons. The van der Waals surface area contributed by atoms with E-state index in [1.807, 2.05) is 19.9 Å². The molecule has 0 radical (unpaired) electrons. The van der Waals surface area contributed by atoms with E-state index in [4.69, 9.17) is 9.47 Å². The molecule has 5 heteroatoms. The highest BCUT2D eigenvalue weighted by Crippen LogP contribution is 2.28. The van der Waals surface area contributed by atoms with Gasteiger partial charge in [-0.05, 0) is 55.4 Å². The largest absolute Gasteiger partial charge is 0.376 e. The number of ether oxygens (including phenoxy) is 2. The molecule has 0 bridgehead atoms. The van der Waals surface area contributed by atoms with Crippen molar-refractivity contribution in [1.82, 2.24) is 0 Å². The highest BCUT2D eigenvalue weighted by Gasteiger charge is 2.26. The SMILES string of the molecule is CC(C)[C@H](OC[C@H]1CCCO1)C(=O)Nc1ccc2c(c1)CCCN2C. The molecular weight excluding hydrogens is 316 g/mol. The quantitative estimate of drug-likeness (QED) is 0.859. The minimum atomic E-state index is -0.456. The van der Waals surface area contributed by atoms with Gasteiger partial charge in [-0.1, -0.05) is 13.8 Å². The third-order valence-electron chi connectivity index (χ3n) is 5.05. The molecular formula is C20H30N2O3. The molecule has 2 heterocycles. The zero-order chi connectivity index (χ0) is 17.8. The number of anilines is 2. The Hall–Kier alpha value is -1.59. The molecule has 1 aromatic rings. The van der Waals surface area contributed by atoms with Crippen LogP contribution in [0.15, 0.2) is 18.2 Å². The van der Waals surface area contributed by atoms with Crippen molar-refractivity contribution in [3.05, 3.63) is 23.8 Å². The van der Waals surface area contributed by atoms with Gasteiger partial charge in [0.25, 0.3) is 5.91 Å². The highest BCUT2D eigenvalue weighted by atomic mass is 16.5. The van der Waals surface area contributed by atoms with Gasteiger partial charge >= 0.3 is 0 Å². The standard InChI is InChI=1S/C20H30N2O3/c1-14(2)19(25-13-17-7-5-11-24-17)20(23)21-16-8-9-18-15(12-16)6-4-10-22(18)3/h8-9,12,14,17,19H,4-7,10-11,13H2,1-3H3,(H,21,23)/t17-,19+/m1/s1. The summed E-state index contributed by atoms with van der Waals surface area (Å²) >= 11 is 0. The van der Waals surface area contributed by atoms with Gasteiger partial charge in [0.1, 0.15) is 6.10 Å². The van der Waals surface area contributed by atoms with Gasteiger partial charge in [-0.2, -0.15) is 0 Å². The summed E-state index contributed by atoms with van der Waals surface area (Å²) in [7, 11) is 2.12. The lowest BCUT2D eigenvalue weighted by Crippen LogP contribution is -2.37. The summed E-state index contributed by atoms with van der Waals surface area (Å²) in [4.78, 5) is 15.0. The number of nitrogens with zero attached hydrogens (tertiary/aromatic N) is 1. The second-order valence-electron chi connectivity index (χ2n) is 7.49. The van der Waals surface area contributed by atoms with E-state index in [0.717, 1.165) is 44.5 Å². The Balaban J connectivity index is 1.62. The van der Waals surface area contributed by atoms with Gasteiger partial charge in [0, 0.05) is 31.6 Å². The predicted octanol–water partition coefficient (Wildman–Crippen LogP) is 3.23. The van der Waals surface area contributed by atoms with Crippen LogP contribution in [0.1, 0.15) is 38.7 Å². The van der Waals surface area contributed by atoms with E-state index in [1.165, 1.54) is 11.3 Å². The average Bonchev–Trinajstić information content (AvgIpc) is 3.08. The van der Waals surface area contributed by atoms with Crippen LogP contribution >= 0.6 is 0 Å². The molecule has 1 saturated heterocycles. The van der Waals surface area contributed by atoms with Crippen molar-refractivity contribution in [2.45, 2.75) is 51.7 Å². The van der Waals surface area contributed by atoms with E-state index in [9.17, 15) is 4.79 Å². The fraction of sp³-hybridized carbons (Fsp3) is 0.650. The van der Waals surface area contributed by atoms with Crippen LogP contribution in [-0.4, -0.2) is 44.9 Å². The maximum Gasteiger partial charge on any atom is 0.253 e. The van der Waals surface area contributed by atoms with Gasteiger partial charge in [0.05, 0.1) is 12.7 Å². The summed E-state index contributed by atoms with van der Waals surface area (Å²) in [5, 5.41) is 3.04. The molecule has 1 aromatic carbocycles. The zero-order valence-corrected chi connectivity index (χ0v) is 15.6. The van der Waals surface area contributed by atoms with Crippen LogP contribution in [0, 0.1) is 5.92 Å². The summed E-state index contributed by atoms with van der Waals surface area (Å²) in [5.41, 5.74) is 3.41. The maximum absolute atomic E-state index is 12.7. The number of carbonyl (C=O) groups excluding carboxylic acids is 1. The van der Waals surface area contributed by atoms with Gasteiger partial charge in [0.2, 0.25) is 0 Å². The number of benzene rings is 1. The van der Waals surface area contributed by atoms with Gasteiger partial charge in [-0.3, -0.25) is 4.79 Å². The van der Waals surface area contributed by atoms with Crippen LogP contribution < -0.4 is 10.2 Å². The first kappa shape index (κ1) is 18.2. The predicted molar refractivity (Wildman–Crippen MR) is 100 cm³/mol. The molecule has 2 atom stereocenters. The lowest BCUT2D eigenvalue weighted by Gasteiger charge is -2.28. The second-order valence-corrected chi connectivity index (χ2v) is 7.49. The normalized spacial score (nSPS) is 21.3. The van der Waals surface area contributed by atoms with E-state index in [1.54, 1.807) is 0 Å². The first-order valence-electron chi connectivity index (χ1n) is 9.42. The Bertz CT molecular complexity index is 597. The number of aryl methyl sites for hydroxylation is 1. The Morgan fingerprint density at radius 2 is 2.24 bits per heavy atom. The monoisotopic (exact) mass is 346 g/mol. The van der Waals surface area contributed by atoms with Crippen molar-refractivity contribution in [2.24, 2.45) is 5.92 Å². The summed E-state index contributed by atoms with van der Waals surface area (Å²) in [5.74, 6) is 0.0438. The molecule has 5 nitrogen and oxygen atoms in total. The first-order valence-corrected chi connectivity index (χ1v) is 9.42. The van der Waals surface area contributed by atoms with Crippen LogP contribution in [0.25, 0.3) is 0 Å². The summed E-state index contributed by atoms with van der Waals surface area (Å²) in [6, 6.07) is 6.18. The molecule has 3 rings (SSSR count). The molecule has 0 saturated carbocycles. The van der Waals surface area contributed by atoms with Crippen molar-refractivity contribution in [2.75, 3.05) is 37.0 Å². The molecule has 1 fully saturated rings. The van der Waals surface area contributed by atoms with Gasteiger partial charge < -0.3 is 19.7 Å². The van der Waals surface area contributed by atoms with Crippen molar-refractivity contribution >= 4 is 17.3 Å². The number of rotatable bonds is 6. The molecule has 0 unspecified atom stereocenters. The summed E-state index contributed by atoms with van der Waals surface area (Å²) < 4.78 is 11.5. The third kappa shape index (κ3) is 4.53. The lowest BCUT2D eigenvalue weighted by atomic mass is 10.0. The molecule has 2 aliphatic rings. The summed E-state index contributed by atoms with van der Waals surface area (Å²) in [6.45, 7) is 6.41. The average molecular weight is 346 g/mol. The molecule has 0 aliphatic carbocycles. The van der Waals surface area contributed by atoms with Crippen molar-refractivity contribution < 1.29 is 14.3 Å². The smallest absolute Gasteiger partial charge is 0.253 e. The van der Waals surface area contributed by atoms with Crippen LogP contribution in [-0.2, 0) is 20.7 Å². The molecule has 0 spiro atoms. The summed E-state index contributed by atoms with van der Waals surface area (Å²) in [6.07, 6.45) is 3.99. The Kier molecular flexibility index (Phi) is 5.97. The number of hydrogen-bond donors (Lipinski definition) is 1. The van der Waals surface area contributed by atoms with E-state index in [2.05, 4.69) is 29.4 Å². The molecule has 0 aromatic heterocycles. The minimum Gasteiger partial charge on any atom is -0.376 e. The molecule has 1 amide bonds. The van der Waals surface area contributed by atoms with E-state index in [-0.39, 0.29) is 17.9 Å². The number of carbonyl (C=O) groups is 1. The van der Waals surface area contributed by atoms with Crippen LogP contribution in [0.3, 0.4) is 0 Å². The Morgan fingerprint density at radius 1 is 1.40 bits per heavy atom. The molecule has 2 aliphatic heterocycles. The zero-order valence-electron chi connectivity index (χ0n) is 15.6. The topological polar surface area (TPSA) is 50.8 Å². The minimum absolute atomic E-state index is 0.0721. The van der Waals surface area contributed by atoms with Gasteiger partial charge in [-0.15, -0.1) is 0 Å². The van der Waals surface area contributed by atoms with Crippen molar-refractivity contribution in [1.29, 1.82) is 0 Å². The Labute approximate surface area is 150 Å². The number of fused-ring (bicyclic) bond motifs is 1. The number of hydrogen-bond acceptors (Lipinski definition) is 4. The second kappa shape index (κ2) is 8.19. The van der Waals surface area contributed by atoms with Crippen LogP contribution in [0.5, 0.6) is 0 Å². The Morgan fingerprint density at radius 3 is 2.96 bits per heavy atom. The van der Waals surface area contributed by atoms with Gasteiger partial charge in [-0.25, -0.2) is 0 Å². The highest BCUT2D eigenvalue weighted by molar-refractivity contribution is 5.94. The fourth-order valence-corrected chi connectivity index (χ4v) is 3.63. The van der Waals surface area contributed by atoms with E-state index >= 15 is 0 Å². The van der Waals surface area contributed by atoms with E-state index in [0.29, 0.717) is 6.61 Å². The van der Waals surface area contributed by atoms with Crippen molar-refractivity contribution in [3.8, 4) is 0 Å². The maximum atomic E-state index is 12.7. The third-order valence-corrected chi connectivity index (χ3v) is 5.05. The van der Waals surface area contributed by atoms with Crippen molar-refractivity contribution in [3.63, 3.8) is 0 Å². The van der Waals surface area contributed by atoms with Crippen LogP contribution in [0.2, 0.25) is 0 Å². The fourth-order valence-electron chi connectivity index (χ4n) is 3.63. The first-order chi connectivity index (χ1) is 12.0. The van der Waals surface area contributed by atoms with Gasteiger partial charge in [0.15, 0.2) is 0 Å². The lowest BCUT2D eigenvalue weighted by molar-refractivity contribution is -0.132. The molecule has 25 heavy (non-hydrogen) atoms. The van der Waals surface area contributed by atoms with E-state index < -0.39 is 6.10 Å². The number of nitrogens with one attached hydrogen (secondary N) is 1. The molecule has 1 N–H and O–H groups in total.